The quantitative estimate of drug-likeness (QED) is 0.314. The Balaban J connectivity index is 1.32. The summed E-state index contributed by atoms with van der Waals surface area (Å²) in [5, 5.41) is 2.98. The molecule has 1 fully saturated rings. The summed E-state index contributed by atoms with van der Waals surface area (Å²) in [6, 6.07) is 34.3. The molecule has 5 heteroatoms. The van der Waals surface area contributed by atoms with Crippen LogP contribution >= 0.6 is 0 Å². The first-order valence-electron chi connectivity index (χ1n) is 12.7. The van der Waals surface area contributed by atoms with Crippen LogP contribution < -0.4 is 10.2 Å². The van der Waals surface area contributed by atoms with Gasteiger partial charge in [-0.2, -0.15) is 0 Å². The first-order chi connectivity index (χ1) is 18.2. The van der Waals surface area contributed by atoms with Gasteiger partial charge in [0, 0.05) is 42.3 Å². The zero-order chi connectivity index (χ0) is 25.5. The number of ether oxygens (including phenoxy) is 1. The molecule has 4 aromatic rings. The first kappa shape index (κ1) is 24.5. The van der Waals surface area contributed by atoms with E-state index in [0.29, 0.717) is 29.3 Å². The summed E-state index contributed by atoms with van der Waals surface area (Å²) in [5.41, 5.74) is 4.56. The van der Waals surface area contributed by atoms with Gasteiger partial charge in [-0.3, -0.25) is 9.59 Å². The minimum Gasteiger partial charge on any atom is -0.381 e. The van der Waals surface area contributed by atoms with Crippen LogP contribution in [0, 0.1) is 5.92 Å². The molecule has 37 heavy (non-hydrogen) atoms. The van der Waals surface area contributed by atoms with Gasteiger partial charge in [-0.1, -0.05) is 66.7 Å². The zero-order valence-corrected chi connectivity index (χ0v) is 20.7. The molecule has 5 rings (SSSR count). The molecule has 1 aliphatic heterocycles. The number of amides is 2. The molecule has 5 nitrogen and oxygen atoms in total. The Morgan fingerprint density at radius 2 is 1.38 bits per heavy atom. The minimum atomic E-state index is -0.191. The van der Waals surface area contributed by atoms with Gasteiger partial charge < -0.3 is 15.0 Å². The molecular weight excluding hydrogens is 460 g/mol. The summed E-state index contributed by atoms with van der Waals surface area (Å²) >= 11 is 0. The van der Waals surface area contributed by atoms with E-state index in [1.165, 1.54) is 0 Å². The number of carbonyl (C=O) groups excluding carboxylic acids is 2. The summed E-state index contributed by atoms with van der Waals surface area (Å²) in [6.07, 6.45) is 1.90. The molecule has 2 amide bonds. The van der Waals surface area contributed by atoms with E-state index in [4.69, 9.17) is 4.74 Å². The van der Waals surface area contributed by atoms with E-state index in [9.17, 15) is 9.59 Å². The molecule has 0 aromatic heterocycles. The van der Waals surface area contributed by atoms with Crippen LogP contribution in [0.15, 0.2) is 109 Å². The lowest BCUT2D eigenvalue weighted by Crippen LogP contribution is -2.37. The highest BCUT2D eigenvalue weighted by atomic mass is 16.5. The number of anilines is 2. The number of hydrogen-bond acceptors (Lipinski definition) is 3. The number of hydrogen-bond donors (Lipinski definition) is 1. The second kappa shape index (κ2) is 11.7. The van der Waals surface area contributed by atoms with E-state index in [1.54, 1.807) is 24.3 Å². The maximum atomic E-state index is 13.6. The summed E-state index contributed by atoms with van der Waals surface area (Å²) in [6.45, 7) is 2.13. The lowest BCUT2D eigenvalue weighted by atomic mass is 9.98. The van der Waals surface area contributed by atoms with Gasteiger partial charge in [0.15, 0.2) is 0 Å². The third-order valence-corrected chi connectivity index (χ3v) is 6.74. The van der Waals surface area contributed by atoms with Crippen LogP contribution in [0.1, 0.15) is 33.6 Å². The molecule has 0 atom stereocenters. The normalized spacial score (nSPS) is 13.6. The maximum absolute atomic E-state index is 13.6. The molecule has 1 saturated heterocycles. The molecular formula is C32H30N2O3. The van der Waals surface area contributed by atoms with Gasteiger partial charge >= 0.3 is 0 Å². The van der Waals surface area contributed by atoms with Crippen LogP contribution in [0.2, 0.25) is 0 Å². The number of carbonyl (C=O) groups is 2. The van der Waals surface area contributed by atoms with Crippen LogP contribution in [0.25, 0.3) is 11.1 Å². The minimum absolute atomic E-state index is 0.0509. The maximum Gasteiger partial charge on any atom is 0.258 e. The van der Waals surface area contributed by atoms with Crippen LogP contribution in [-0.4, -0.2) is 31.6 Å². The van der Waals surface area contributed by atoms with Crippen molar-refractivity contribution in [2.24, 2.45) is 5.92 Å². The van der Waals surface area contributed by atoms with Gasteiger partial charge in [0.1, 0.15) is 0 Å². The van der Waals surface area contributed by atoms with Gasteiger partial charge in [0.05, 0.1) is 0 Å². The van der Waals surface area contributed by atoms with Crippen molar-refractivity contribution >= 4 is 23.2 Å². The first-order valence-corrected chi connectivity index (χ1v) is 12.7. The molecule has 0 radical (unpaired) electrons. The topological polar surface area (TPSA) is 58.6 Å². The summed E-state index contributed by atoms with van der Waals surface area (Å²) in [5.74, 6) is 0.162. The standard InChI is InChI=1S/C32H30N2O3/c35-31(30-14-8-7-13-29(30)25-9-3-1-4-10-25)33-27-17-15-26(16-18-27)32(36)34(28-11-5-2-6-12-28)23-24-19-21-37-22-20-24/h1-18,24H,19-23H2,(H,33,35). The third kappa shape index (κ3) is 5.96. The predicted octanol–water partition coefficient (Wildman–Crippen LogP) is 6.68. The van der Waals surface area contributed by atoms with Crippen molar-refractivity contribution in [2.75, 3.05) is 30.0 Å². The van der Waals surface area contributed by atoms with Gasteiger partial charge in [0.25, 0.3) is 11.8 Å². The summed E-state index contributed by atoms with van der Waals surface area (Å²) < 4.78 is 5.50. The van der Waals surface area contributed by atoms with Crippen molar-refractivity contribution in [3.63, 3.8) is 0 Å². The van der Waals surface area contributed by atoms with Gasteiger partial charge in [0.2, 0.25) is 0 Å². The number of nitrogens with one attached hydrogen (secondary N) is 1. The highest BCUT2D eigenvalue weighted by molar-refractivity contribution is 6.09. The Morgan fingerprint density at radius 1 is 0.757 bits per heavy atom. The summed E-state index contributed by atoms with van der Waals surface area (Å²) in [7, 11) is 0. The lowest BCUT2D eigenvalue weighted by molar-refractivity contribution is 0.0668. The summed E-state index contributed by atoms with van der Waals surface area (Å²) in [4.78, 5) is 28.6. The molecule has 1 heterocycles. The Bertz CT molecular complexity index is 1330. The van der Waals surface area contributed by atoms with Crippen molar-refractivity contribution in [2.45, 2.75) is 12.8 Å². The van der Waals surface area contributed by atoms with Crippen molar-refractivity contribution < 1.29 is 14.3 Å². The molecule has 1 aliphatic rings. The van der Waals surface area contributed by atoms with Crippen LogP contribution in [0.5, 0.6) is 0 Å². The Morgan fingerprint density at radius 3 is 2.08 bits per heavy atom. The van der Waals surface area contributed by atoms with Gasteiger partial charge in [-0.15, -0.1) is 0 Å². The Kier molecular flexibility index (Phi) is 7.72. The van der Waals surface area contributed by atoms with Crippen molar-refractivity contribution in [3.8, 4) is 11.1 Å². The van der Waals surface area contributed by atoms with Crippen molar-refractivity contribution in [3.05, 3.63) is 120 Å². The van der Waals surface area contributed by atoms with E-state index >= 15 is 0 Å². The third-order valence-electron chi connectivity index (χ3n) is 6.74. The van der Waals surface area contributed by atoms with E-state index in [0.717, 1.165) is 42.9 Å². The molecule has 1 N–H and O–H groups in total. The second-order valence-corrected chi connectivity index (χ2v) is 9.25. The molecule has 0 saturated carbocycles. The SMILES string of the molecule is O=C(Nc1ccc(C(=O)N(CC2CCOCC2)c2ccccc2)cc1)c1ccccc1-c1ccccc1. The smallest absolute Gasteiger partial charge is 0.258 e. The lowest BCUT2D eigenvalue weighted by Gasteiger charge is -2.30. The number of para-hydroxylation sites is 1. The highest BCUT2D eigenvalue weighted by Crippen LogP contribution is 2.26. The van der Waals surface area contributed by atoms with Crippen LogP contribution in [0.3, 0.4) is 0 Å². The molecule has 4 aromatic carbocycles. The fourth-order valence-electron chi connectivity index (χ4n) is 4.70. The van der Waals surface area contributed by atoms with Crippen LogP contribution in [-0.2, 0) is 4.74 Å². The Hall–Kier alpha value is -4.22. The molecule has 0 aliphatic carbocycles. The highest BCUT2D eigenvalue weighted by Gasteiger charge is 2.23. The predicted molar refractivity (Wildman–Crippen MR) is 148 cm³/mol. The second-order valence-electron chi connectivity index (χ2n) is 9.25. The van der Waals surface area contributed by atoms with E-state index in [2.05, 4.69) is 5.32 Å². The van der Waals surface area contributed by atoms with E-state index < -0.39 is 0 Å². The molecule has 0 bridgehead atoms. The fourth-order valence-corrected chi connectivity index (χ4v) is 4.70. The number of rotatable bonds is 7. The largest absolute Gasteiger partial charge is 0.381 e. The van der Waals surface area contributed by atoms with Crippen LogP contribution in [0.4, 0.5) is 11.4 Å². The van der Waals surface area contributed by atoms with Crippen molar-refractivity contribution in [1.29, 1.82) is 0 Å². The van der Waals surface area contributed by atoms with E-state index in [-0.39, 0.29) is 11.8 Å². The Labute approximate surface area is 217 Å². The van der Waals surface area contributed by atoms with Gasteiger partial charge in [-0.25, -0.2) is 0 Å². The number of nitrogens with zero attached hydrogens (tertiary/aromatic N) is 1. The fraction of sp³-hybridized carbons (Fsp3) is 0.188. The monoisotopic (exact) mass is 490 g/mol. The van der Waals surface area contributed by atoms with Crippen molar-refractivity contribution in [1.82, 2.24) is 0 Å². The van der Waals surface area contributed by atoms with Gasteiger partial charge in [-0.05, 0) is 72.4 Å². The zero-order valence-electron chi connectivity index (χ0n) is 20.7. The van der Waals surface area contributed by atoms with E-state index in [1.807, 2.05) is 89.8 Å². The average molecular weight is 491 g/mol. The average Bonchev–Trinajstić information content (AvgIpc) is 2.97. The molecule has 0 spiro atoms. The number of benzene rings is 4. The molecule has 0 unspecified atom stereocenters. The molecule has 186 valence electrons.